The molecule has 0 atom stereocenters. The number of hydrogen-bond acceptors (Lipinski definition) is 6. The van der Waals surface area contributed by atoms with E-state index in [4.69, 9.17) is 9.47 Å². The third kappa shape index (κ3) is 6.94. The van der Waals surface area contributed by atoms with Crippen LogP contribution < -0.4 is 10.6 Å². The zero-order chi connectivity index (χ0) is 25.3. The van der Waals surface area contributed by atoms with Gasteiger partial charge in [0.05, 0.1) is 5.52 Å². The maximum atomic E-state index is 13.1. The topological polar surface area (TPSA) is 112 Å². The molecule has 1 heterocycles. The van der Waals surface area contributed by atoms with Gasteiger partial charge in [0.15, 0.2) is 5.69 Å². The zero-order valence-electron chi connectivity index (χ0n) is 20.5. The van der Waals surface area contributed by atoms with Gasteiger partial charge in [0.1, 0.15) is 11.2 Å². The molecule has 0 unspecified atom stereocenters. The van der Waals surface area contributed by atoms with Crippen molar-refractivity contribution in [3.8, 4) is 0 Å². The largest absolute Gasteiger partial charge is 0.444 e. The second-order valence-corrected chi connectivity index (χ2v) is 11.5. The summed E-state index contributed by atoms with van der Waals surface area (Å²) in [6, 6.07) is 5.22. The minimum absolute atomic E-state index is 0.00571. The third-order valence-electron chi connectivity index (χ3n) is 5.21. The average Bonchev–Trinajstić information content (AvgIpc) is 3.05. The van der Waals surface area contributed by atoms with Gasteiger partial charge in [0.25, 0.3) is 5.91 Å². The monoisotopic (exact) mass is 536 g/mol. The molecule has 1 aliphatic carbocycles. The Morgan fingerprint density at radius 1 is 0.941 bits per heavy atom. The van der Waals surface area contributed by atoms with Gasteiger partial charge in [-0.3, -0.25) is 4.79 Å². The first-order valence-electron chi connectivity index (χ1n) is 11.4. The van der Waals surface area contributed by atoms with Gasteiger partial charge in [-0.05, 0) is 85.4 Å². The smallest absolute Gasteiger partial charge is 0.435 e. The number of aromatic nitrogens is 2. The molecular weight excluding hydrogens is 504 g/mol. The van der Waals surface area contributed by atoms with E-state index in [1.165, 1.54) is 0 Å². The highest BCUT2D eigenvalue weighted by atomic mass is 79.9. The fourth-order valence-corrected chi connectivity index (χ4v) is 4.17. The lowest BCUT2D eigenvalue weighted by Crippen LogP contribution is -2.45. The number of ether oxygens (including phenoxy) is 2. The number of hydrogen-bond donors (Lipinski definition) is 2. The molecule has 0 radical (unpaired) electrons. The predicted molar refractivity (Wildman–Crippen MR) is 132 cm³/mol. The molecule has 0 aliphatic heterocycles. The van der Waals surface area contributed by atoms with Crippen LogP contribution in [0.15, 0.2) is 22.7 Å². The summed E-state index contributed by atoms with van der Waals surface area (Å²) in [5.41, 5.74) is -0.585. The van der Waals surface area contributed by atoms with Gasteiger partial charge in [0, 0.05) is 21.9 Å². The fourth-order valence-electron chi connectivity index (χ4n) is 3.81. The first-order chi connectivity index (χ1) is 15.7. The van der Waals surface area contributed by atoms with E-state index in [-0.39, 0.29) is 23.7 Å². The lowest BCUT2D eigenvalue weighted by molar-refractivity contribution is 0.0483. The Kier molecular flexibility index (Phi) is 7.59. The van der Waals surface area contributed by atoms with Gasteiger partial charge in [-0.15, -0.1) is 0 Å². The lowest BCUT2D eigenvalue weighted by Gasteiger charge is -2.30. The van der Waals surface area contributed by atoms with E-state index in [9.17, 15) is 14.4 Å². The van der Waals surface area contributed by atoms with Gasteiger partial charge in [0.2, 0.25) is 0 Å². The Labute approximate surface area is 208 Å². The molecule has 10 heteroatoms. The van der Waals surface area contributed by atoms with Crippen LogP contribution in [-0.2, 0) is 9.47 Å². The van der Waals surface area contributed by atoms with Crippen LogP contribution >= 0.6 is 15.9 Å². The first-order valence-corrected chi connectivity index (χ1v) is 12.2. The van der Waals surface area contributed by atoms with Crippen molar-refractivity contribution in [2.45, 2.75) is 90.5 Å². The number of amides is 2. The second-order valence-electron chi connectivity index (χ2n) is 10.6. The van der Waals surface area contributed by atoms with E-state index >= 15 is 0 Å². The van der Waals surface area contributed by atoms with Crippen molar-refractivity contribution < 1.29 is 23.9 Å². The Hall–Kier alpha value is -2.62. The Morgan fingerprint density at radius 2 is 1.50 bits per heavy atom. The van der Waals surface area contributed by atoms with Crippen LogP contribution in [0.5, 0.6) is 0 Å². The summed E-state index contributed by atoms with van der Waals surface area (Å²) in [6.07, 6.45) is 1.80. The first kappa shape index (κ1) is 26.0. The SMILES string of the molecule is CC(C)(C)OC(=O)NC1CCC(NC(=O)c2nn(C(=O)OC(C)(C)C)c3ccc(Br)cc23)CC1. The molecule has 186 valence electrons. The number of benzene rings is 1. The van der Waals surface area contributed by atoms with Crippen LogP contribution in [0, 0.1) is 0 Å². The standard InChI is InChI=1S/C24H33BrN4O5/c1-23(2,3)33-21(31)27-16-10-8-15(9-11-16)26-20(30)19-17-13-14(25)7-12-18(17)29(28-19)22(32)34-24(4,5)6/h7,12-13,15-16H,8-11H2,1-6H3,(H,26,30)(H,27,31). The number of nitrogens with one attached hydrogen (secondary N) is 2. The van der Waals surface area contributed by atoms with Crippen LogP contribution in [0.4, 0.5) is 9.59 Å². The molecule has 34 heavy (non-hydrogen) atoms. The maximum Gasteiger partial charge on any atom is 0.435 e. The van der Waals surface area contributed by atoms with Gasteiger partial charge in [-0.2, -0.15) is 9.78 Å². The molecule has 0 bridgehead atoms. The van der Waals surface area contributed by atoms with E-state index in [1.54, 1.807) is 39.0 Å². The fraction of sp³-hybridized carbons (Fsp3) is 0.583. The van der Waals surface area contributed by atoms with Gasteiger partial charge in [-0.25, -0.2) is 9.59 Å². The van der Waals surface area contributed by atoms with Crippen molar-refractivity contribution in [3.05, 3.63) is 28.4 Å². The van der Waals surface area contributed by atoms with Crippen molar-refractivity contribution in [1.29, 1.82) is 0 Å². The third-order valence-corrected chi connectivity index (χ3v) is 5.70. The van der Waals surface area contributed by atoms with Crippen LogP contribution in [0.3, 0.4) is 0 Å². The quantitative estimate of drug-likeness (QED) is 0.561. The van der Waals surface area contributed by atoms with Crippen molar-refractivity contribution in [2.24, 2.45) is 0 Å². The molecule has 0 saturated heterocycles. The predicted octanol–water partition coefficient (Wildman–Crippen LogP) is 5.15. The van der Waals surface area contributed by atoms with Crippen LogP contribution in [0.25, 0.3) is 10.9 Å². The summed E-state index contributed by atoms with van der Waals surface area (Å²) >= 11 is 3.42. The van der Waals surface area contributed by atoms with Gasteiger partial charge in [-0.1, -0.05) is 15.9 Å². The van der Waals surface area contributed by atoms with E-state index in [2.05, 4.69) is 31.7 Å². The molecule has 2 aromatic rings. The number of alkyl carbamates (subject to hydrolysis) is 1. The van der Waals surface area contributed by atoms with E-state index in [0.29, 0.717) is 23.7 Å². The minimum atomic E-state index is -0.695. The minimum Gasteiger partial charge on any atom is -0.444 e. The Morgan fingerprint density at radius 3 is 2.06 bits per heavy atom. The Balaban J connectivity index is 1.68. The summed E-state index contributed by atoms with van der Waals surface area (Å²) in [4.78, 5) is 37.8. The molecular formula is C24H33BrN4O5. The zero-order valence-corrected chi connectivity index (χ0v) is 22.1. The van der Waals surface area contributed by atoms with E-state index in [0.717, 1.165) is 22.0 Å². The highest BCUT2D eigenvalue weighted by Crippen LogP contribution is 2.25. The Bertz CT molecular complexity index is 1080. The van der Waals surface area contributed by atoms with E-state index < -0.39 is 23.4 Å². The molecule has 0 spiro atoms. The lowest BCUT2D eigenvalue weighted by atomic mass is 9.91. The summed E-state index contributed by atoms with van der Waals surface area (Å²) < 4.78 is 12.7. The highest BCUT2D eigenvalue weighted by molar-refractivity contribution is 9.10. The van der Waals surface area contributed by atoms with Crippen LogP contribution in [-0.4, -0.2) is 51.2 Å². The molecule has 2 amide bonds. The normalized spacial score (nSPS) is 18.9. The number of nitrogens with zero attached hydrogens (tertiary/aromatic N) is 2. The van der Waals surface area contributed by atoms with Gasteiger partial charge < -0.3 is 20.1 Å². The molecule has 9 nitrogen and oxygen atoms in total. The number of carbonyl (C=O) groups excluding carboxylic acids is 3. The van der Waals surface area contributed by atoms with Crippen molar-refractivity contribution in [3.63, 3.8) is 0 Å². The van der Waals surface area contributed by atoms with Gasteiger partial charge >= 0.3 is 12.2 Å². The molecule has 1 aromatic carbocycles. The average molecular weight is 537 g/mol. The van der Waals surface area contributed by atoms with Crippen molar-refractivity contribution >= 4 is 44.9 Å². The number of halogens is 1. The van der Waals surface area contributed by atoms with Crippen LogP contribution in [0.2, 0.25) is 0 Å². The molecule has 1 saturated carbocycles. The molecule has 1 fully saturated rings. The molecule has 2 N–H and O–H groups in total. The highest BCUT2D eigenvalue weighted by Gasteiger charge is 2.28. The maximum absolute atomic E-state index is 13.1. The second kappa shape index (κ2) is 9.93. The summed E-state index contributed by atoms with van der Waals surface area (Å²) in [5, 5.41) is 10.8. The molecule has 1 aromatic heterocycles. The number of fused-ring (bicyclic) bond motifs is 1. The van der Waals surface area contributed by atoms with Crippen LogP contribution in [0.1, 0.15) is 77.7 Å². The van der Waals surface area contributed by atoms with Crippen molar-refractivity contribution in [2.75, 3.05) is 0 Å². The number of rotatable bonds is 3. The molecule has 1 aliphatic rings. The van der Waals surface area contributed by atoms with E-state index in [1.807, 2.05) is 20.8 Å². The summed E-state index contributed by atoms with van der Waals surface area (Å²) in [5.74, 6) is -0.353. The van der Waals surface area contributed by atoms with Crippen molar-refractivity contribution in [1.82, 2.24) is 20.4 Å². The molecule has 3 rings (SSSR count). The summed E-state index contributed by atoms with van der Waals surface area (Å²) in [6.45, 7) is 10.8. The number of carbonyl (C=O) groups is 3. The summed E-state index contributed by atoms with van der Waals surface area (Å²) in [7, 11) is 0.